The largest absolute Gasteiger partial charge is 0.481 e. The summed E-state index contributed by atoms with van der Waals surface area (Å²) in [5.74, 6) is 1.06. The van der Waals surface area contributed by atoms with Gasteiger partial charge in [-0.3, -0.25) is 9.69 Å². The molecule has 1 saturated heterocycles. The van der Waals surface area contributed by atoms with Crippen LogP contribution in [0.5, 0.6) is 5.75 Å². The number of hydrogen-bond donors (Lipinski definition) is 1. The van der Waals surface area contributed by atoms with Crippen molar-refractivity contribution in [2.24, 2.45) is 0 Å². The molecule has 0 radical (unpaired) electrons. The molecule has 0 aromatic heterocycles. The van der Waals surface area contributed by atoms with Gasteiger partial charge in [-0.25, -0.2) is 0 Å². The molecule has 0 saturated carbocycles. The van der Waals surface area contributed by atoms with Gasteiger partial charge >= 0.3 is 0 Å². The number of amides is 1. The zero-order chi connectivity index (χ0) is 20.8. The maximum Gasteiger partial charge on any atom is 0.261 e. The molecule has 2 aromatic rings. The maximum atomic E-state index is 12.7. The number of ether oxygens (including phenoxy) is 1. The minimum atomic E-state index is -0.542. The lowest BCUT2D eigenvalue weighted by molar-refractivity contribution is -0.127. The van der Waals surface area contributed by atoms with Crippen molar-refractivity contribution >= 4 is 5.91 Å². The summed E-state index contributed by atoms with van der Waals surface area (Å²) in [5.41, 5.74) is 4.74. The monoisotopic (exact) mass is 394 g/mol. The van der Waals surface area contributed by atoms with Gasteiger partial charge in [0.25, 0.3) is 5.91 Å². The van der Waals surface area contributed by atoms with Gasteiger partial charge < -0.3 is 10.1 Å². The summed E-state index contributed by atoms with van der Waals surface area (Å²) in [6.45, 7) is 12.0. The zero-order valence-corrected chi connectivity index (χ0v) is 18.2. The number of hydrogen-bond acceptors (Lipinski definition) is 3. The second-order valence-corrected chi connectivity index (χ2v) is 8.43. The normalized spacial score (nSPS) is 15.5. The smallest absolute Gasteiger partial charge is 0.261 e. The van der Waals surface area contributed by atoms with Crippen LogP contribution >= 0.6 is 0 Å². The first-order valence-corrected chi connectivity index (χ1v) is 10.8. The van der Waals surface area contributed by atoms with Gasteiger partial charge in [-0.1, -0.05) is 50.2 Å². The number of benzene rings is 2. The van der Waals surface area contributed by atoms with Gasteiger partial charge in [-0.05, 0) is 74.0 Å². The van der Waals surface area contributed by atoms with Crippen LogP contribution in [0, 0.1) is 6.92 Å². The predicted molar refractivity (Wildman–Crippen MR) is 118 cm³/mol. The molecule has 1 fully saturated rings. The van der Waals surface area contributed by atoms with Crippen LogP contribution in [0.3, 0.4) is 0 Å². The molecule has 0 aliphatic carbocycles. The maximum absolute atomic E-state index is 12.7. The van der Waals surface area contributed by atoms with Crippen LogP contribution in [0.15, 0.2) is 42.5 Å². The lowest BCUT2D eigenvalue weighted by Gasteiger charge is -2.20. The lowest BCUT2D eigenvalue weighted by Crippen LogP contribution is -2.36. The fraction of sp³-hybridized carbons (Fsp3) is 0.480. The van der Waals surface area contributed by atoms with Crippen LogP contribution in [-0.4, -0.2) is 30.0 Å². The molecule has 0 bridgehead atoms. The Morgan fingerprint density at radius 3 is 2.45 bits per heavy atom. The highest BCUT2D eigenvalue weighted by molar-refractivity contribution is 5.80. The molecule has 156 valence electrons. The Bertz CT molecular complexity index is 825. The molecule has 29 heavy (non-hydrogen) atoms. The van der Waals surface area contributed by atoms with Crippen molar-refractivity contribution in [2.45, 2.75) is 65.6 Å². The third kappa shape index (κ3) is 5.83. The van der Waals surface area contributed by atoms with E-state index in [1.807, 2.05) is 26.0 Å². The minimum absolute atomic E-state index is 0.0859. The molecule has 4 heteroatoms. The first-order chi connectivity index (χ1) is 13.9. The topological polar surface area (TPSA) is 41.6 Å². The molecule has 1 aliphatic heterocycles. The van der Waals surface area contributed by atoms with Crippen molar-refractivity contribution < 1.29 is 9.53 Å². The number of rotatable bonds is 8. The molecule has 1 aliphatic rings. The van der Waals surface area contributed by atoms with E-state index in [0.717, 1.165) is 23.4 Å². The number of nitrogens with zero attached hydrogens (tertiary/aromatic N) is 1. The Hall–Kier alpha value is -2.33. The Balaban J connectivity index is 1.60. The molecule has 1 N–H and O–H groups in total. The van der Waals surface area contributed by atoms with E-state index in [-0.39, 0.29) is 5.91 Å². The van der Waals surface area contributed by atoms with E-state index in [0.29, 0.717) is 12.5 Å². The molecule has 3 rings (SSSR count). The lowest BCUT2D eigenvalue weighted by atomic mass is 10.0. The summed E-state index contributed by atoms with van der Waals surface area (Å²) in [7, 11) is 0. The van der Waals surface area contributed by atoms with E-state index < -0.39 is 6.10 Å². The Morgan fingerprint density at radius 2 is 1.76 bits per heavy atom. The molecular weight excluding hydrogens is 360 g/mol. The van der Waals surface area contributed by atoms with E-state index in [1.54, 1.807) is 0 Å². The fourth-order valence-electron chi connectivity index (χ4n) is 3.86. The van der Waals surface area contributed by atoms with Crippen molar-refractivity contribution in [3.8, 4) is 5.75 Å². The number of likely N-dealkylation sites (tertiary alicyclic amines) is 1. The highest BCUT2D eigenvalue weighted by Crippen LogP contribution is 2.28. The quantitative estimate of drug-likeness (QED) is 0.699. The van der Waals surface area contributed by atoms with Crippen LogP contribution in [0.25, 0.3) is 0 Å². The van der Waals surface area contributed by atoms with Crippen LogP contribution in [0.4, 0.5) is 0 Å². The van der Waals surface area contributed by atoms with Crippen molar-refractivity contribution in [1.82, 2.24) is 10.2 Å². The van der Waals surface area contributed by atoms with Crippen molar-refractivity contribution in [1.29, 1.82) is 0 Å². The third-order valence-electron chi connectivity index (χ3n) is 5.63. The van der Waals surface area contributed by atoms with Gasteiger partial charge in [0.15, 0.2) is 6.10 Å². The standard InChI is InChI=1S/C25H34N2O2/c1-18(2)23-12-11-19(3)15-24(23)29-20(4)25(28)26-16-21-9-5-6-10-22(21)17-27-13-7-8-14-27/h5-6,9-12,15,18,20H,7-8,13-14,16-17H2,1-4H3,(H,26,28). The second kappa shape index (κ2) is 9.93. The molecule has 0 spiro atoms. The Morgan fingerprint density at radius 1 is 1.07 bits per heavy atom. The Labute approximate surface area is 175 Å². The minimum Gasteiger partial charge on any atom is -0.481 e. The summed E-state index contributed by atoms with van der Waals surface area (Å²) < 4.78 is 6.06. The van der Waals surface area contributed by atoms with E-state index in [9.17, 15) is 4.79 Å². The first kappa shape index (κ1) is 21.4. The summed E-state index contributed by atoms with van der Waals surface area (Å²) in [6.07, 6.45) is 2.02. The van der Waals surface area contributed by atoms with Crippen LogP contribution in [0.1, 0.15) is 61.8 Å². The van der Waals surface area contributed by atoms with E-state index in [4.69, 9.17) is 4.74 Å². The summed E-state index contributed by atoms with van der Waals surface area (Å²) in [5, 5.41) is 3.07. The first-order valence-electron chi connectivity index (χ1n) is 10.8. The van der Waals surface area contributed by atoms with Gasteiger partial charge in [0, 0.05) is 13.1 Å². The molecule has 4 nitrogen and oxygen atoms in total. The van der Waals surface area contributed by atoms with Crippen LogP contribution in [0.2, 0.25) is 0 Å². The van der Waals surface area contributed by atoms with Gasteiger partial charge in [-0.15, -0.1) is 0 Å². The summed E-state index contributed by atoms with van der Waals surface area (Å²) in [6, 6.07) is 14.6. The van der Waals surface area contributed by atoms with Crippen LogP contribution < -0.4 is 10.1 Å². The van der Waals surface area contributed by atoms with Crippen molar-refractivity contribution in [3.05, 3.63) is 64.7 Å². The number of carbonyl (C=O) groups excluding carboxylic acids is 1. The van der Waals surface area contributed by atoms with Gasteiger partial charge in [0.2, 0.25) is 0 Å². The number of aryl methyl sites for hydroxylation is 1. The fourth-order valence-corrected chi connectivity index (χ4v) is 3.86. The summed E-state index contributed by atoms with van der Waals surface area (Å²) >= 11 is 0. The molecule has 1 atom stereocenters. The Kier molecular flexibility index (Phi) is 7.32. The van der Waals surface area contributed by atoms with Crippen molar-refractivity contribution in [2.75, 3.05) is 13.1 Å². The number of nitrogens with one attached hydrogen (secondary N) is 1. The van der Waals surface area contributed by atoms with E-state index in [2.05, 4.69) is 54.4 Å². The highest BCUT2D eigenvalue weighted by atomic mass is 16.5. The average molecular weight is 395 g/mol. The average Bonchev–Trinajstić information content (AvgIpc) is 3.20. The van der Waals surface area contributed by atoms with Crippen LogP contribution in [-0.2, 0) is 17.9 Å². The third-order valence-corrected chi connectivity index (χ3v) is 5.63. The van der Waals surface area contributed by atoms with Gasteiger partial charge in [0.05, 0.1) is 0 Å². The van der Waals surface area contributed by atoms with Crippen molar-refractivity contribution in [3.63, 3.8) is 0 Å². The molecule has 1 unspecified atom stereocenters. The summed E-state index contributed by atoms with van der Waals surface area (Å²) in [4.78, 5) is 15.2. The molecule has 2 aromatic carbocycles. The molecule has 1 amide bonds. The van der Waals surface area contributed by atoms with E-state index in [1.165, 1.54) is 37.1 Å². The van der Waals surface area contributed by atoms with E-state index >= 15 is 0 Å². The zero-order valence-electron chi connectivity index (χ0n) is 18.2. The second-order valence-electron chi connectivity index (χ2n) is 8.43. The SMILES string of the molecule is Cc1ccc(C(C)C)c(OC(C)C(=O)NCc2ccccc2CN2CCCC2)c1. The van der Waals surface area contributed by atoms with Gasteiger partial charge in [-0.2, -0.15) is 0 Å². The number of carbonyl (C=O) groups is 1. The van der Waals surface area contributed by atoms with Gasteiger partial charge in [0.1, 0.15) is 5.75 Å². The molecular formula is C25H34N2O2. The highest BCUT2D eigenvalue weighted by Gasteiger charge is 2.18. The predicted octanol–water partition coefficient (Wildman–Crippen LogP) is 4.80. The molecule has 1 heterocycles.